The average Bonchev–Trinajstić information content (AvgIpc) is 3.07. The van der Waals surface area contributed by atoms with Gasteiger partial charge in [0.25, 0.3) is 5.91 Å². The van der Waals surface area contributed by atoms with E-state index in [0.29, 0.717) is 34.4 Å². The van der Waals surface area contributed by atoms with Gasteiger partial charge in [-0.3, -0.25) is 4.79 Å². The topological polar surface area (TPSA) is 69.7 Å². The van der Waals surface area contributed by atoms with Crippen molar-refractivity contribution < 1.29 is 19.0 Å². The summed E-state index contributed by atoms with van der Waals surface area (Å²) in [6.07, 6.45) is 0. The first kappa shape index (κ1) is 19.7. The minimum atomic E-state index is -0.247. The van der Waals surface area contributed by atoms with Crippen molar-refractivity contribution in [2.75, 3.05) is 19.5 Å². The first-order valence-corrected chi connectivity index (χ1v) is 9.51. The molecule has 146 valence electrons. The van der Waals surface area contributed by atoms with Gasteiger partial charge >= 0.3 is 0 Å². The number of rotatable bonds is 7. The molecule has 1 heterocycles. The number of methoxy groups -OCH3 is 2. The van der Waals surface area contributed by atoms with Crippen LogP contribution in [0.3, 0.4) is 0 Å². The molecular weight excluding hydrogens is 376 g/mol. The number of nitrogens with zero attached hydrogens (tertiary/aromatic N) is 1. The molecule has 0 aliphatic rings. The van der Waals surface area contributed by atoms with Crippen molar-refractivity contribution in [3.63, 3.8) is 0 Å². The third kappa shape index (κ3) is 4.61. The number of nitrogens with one attached hydrogen (secondary N) is 1. The highest BCUT2D eigenvalue weighted by Crippen LogP contribution is 2.30. The van der Waals surface area contributed by atoms with Crippen LogP contribution in [0.4, 0.5) is 5.69 Å². The Morgan fingerprint density at radius 3 is 2.61 bits per heavy atom. The Labute approximate surface area is 168 Å². The maximum atomic E-state index is 12.8. The lowest BCUT2D eigenvalue weighted by atomic mass is 10.2. The zero-order valence-corrected chi connectivity index (χ0v) is 17.1. The molecule has 6 nitrogen and oxygen atoms in total. The fourth-order valence-electron chi connectivity index (χ4n) is 2.67. The van der Waals surface area contributed by atoms with Crippen LogP contribution >= 0.6 is 11.3 Å². The quantitative estimate of drug-likeness (QED) is 0.629. The molecule has 0 saturated carbocycles. The Morgan fingerprint density at radius 1 is 1.07 bits per heavy atom. The number of hydrogen-bond donors (Lipinski definition) is 1. The van der Waals surface area contributed by atoms with Crippen LogP contribution < -0.4 is 19.5 Å². The summed E-state index contributed by atoms with van der Waals surface area (Å²) in [5.41, 5.74) is 2.32. The van der Waals surface area contributed by atoms with Crippen molar-refractivity contribution in [3.05, 3.63) is 63.6 Å². The van der Waals surface area contributed by atoms with E-state index in [2.05, 4.69) is 10.3 Å². The zero-order valence-electron chi connectivity index (χ0n) is 16.2. The lowest BCUT2D eigenvalue weighted by Gasteiger charge is -2.11. The number of benzene rings is 2. The number of aryl methyl sites for hydroxylation is 2. The molecule has 1 amide bonds. The summed E-state index contributed by atoms with van der Waals surface area (Å²) < 4.78 is 16.3. The molecule has 1 N–H and O–H groups in total. The Morgan fingerprint density at radius 2 is 1.89 bits per heavy atom. The molecule has 3 rings (SSSR count). The highest BCUT2D eigenvalue weighted by atomic mass is 32.1. The number of aromatic nitrogens is 1. The van der Waals surface area contributed by atoms with Crippen LogP contribution in [-0.2, 0) is 6.61 Å². The number of anilines is 1. The molecule has 0 spiro atoms. The first-order valence-electron chi connectivity index (χ1n) is 8.69. The van der Waals surface area contributed by atoms with Gasteiger partial charge in [-0.2, -0.15) is 0 Å². The minimum Gasteiger partial charge on any atom is -0.497 e. The Hall–Kier alpha value is -3.06. The lowest BCUT2D eigenvalue weighted by molar-refractivity contribution is 0.102. The van der Waals surface area contributed by atoms with E-state index in [-0.39, 0.29) is 5.91 Å². The lowest BCUT2D eigenvalue weighted by Crippen LogP contribution is -2.12. The molecule has 0 atom stereocenters. The van der Waals surface area contributed by atoms with Crippen molar-refractivity contribution in [2.24, 2.45) is 0 Å². The molecule has 1 aromatic heterocycles. The van der Waals surface area contributed by atoms with Crippen molar-refractivity contribution in [2.45, 2.75) is 20.5 Å². The molecule has 0 radical (unpaired) electrons. The third-order valence-corrected chi connectivity index (χ3v) is 5.18. The van der Waals surface area contributed by atoms with E-state index in [1.807, 2.05) is 38.1 Å². The molecule has 0 fully saturated rings. The maximum Gasteiger partial charge on any atom is 0.267 e. The van der Waals surface area contributed by atoms with Crippen LogP contribution in [-0.4, -0.2) is 25.1 Å². The van der Waals surface area contributed by atoms with E-state index in [1.165, 1.54) is 11.3 Å². The van der Waals surface area contributed by atoms with E-state index >= 15 is 0 Å². The predicted molar refractivity (Wildman–Crippen MR) is 110 cm³/mol. The Balaban J connectivity index is 1.73. The van der Waals surface area contributed by atoms with Gasteiger partial charge in [-0.05, 0) is 43.7 Å². The normalized spacial score (nSPS) is 10.4. The fourth-order valence-corrected chi connectivity index (χ4v) is 3.54. The fraction of sp³-hybridized carbons (Fsp3) is 0.238. The monoisotopic (exact) mass is 398 g/mol. The highest BCUT2D eigenvalue weighted by Gasteiger charge is 2.18. The van der Waals surface area contributed by atoms with Gasteiger partial charge in [0.2, 0.25) is 0 Å². The molecule has 7 heteroatoms. The van der Waals surface area contributed by atoms with Crippen molar-refractivity contribution in [3.8, 4) is 17.2 Å². The second-order valence-corrected chi connectivity index (χ2v) is 7.23. The van der Waals surface area contributed by atoms with E-state index in [4.69, 9.17) is 14.2 Å². The Bertz CT molecular complexity index is 984. The van der Waals surface area contributed by atoms with E-state index in [0.717, 1.165) is 16.3 Å². The van der Waals surface area contributed by atoms with Gasteiger partial charge in [0.15, 0.2) is 0 Å². The van der Waals surface area contributed by atoms with Crippen LogP contribution in [0.2, 0.25) is 0 Å². The van der Waals surface area contributed by atoms with Gasteiger partial charge in [0, 0.05) is 6.07 Å². The van der Waals surface area contributed by atoms with Crippen LogP contribution in [0.15, 0.2) is 42.5 Å². The summed E-state index contributed by atoms with van der Waals surface area (Å²) in [6, 6.07) is 13.0. The largest absolute Gasteiger partial charge is 0.497 e. The molecule has 0 aliphatic heterocycles. The van der Waals surface area contributed by atoms with Gasteiger partial charge in [-0.25, -0.2) is 4.98 Å². The number of amides is 1. The van der Waals surface area contributed by atoms with E-state index < -0.39 is 0 Å². The summed E-state index contributed by atoms with van der Waals surface area (Å²) >= 11 is 1.31. The number of ether oxygens (including phenoxy) is 3. The summed E-state index contributed by atoms with van der Waals surface area (Å²) in [4.78, 5) is 17.8. The molecule has 28 heavy (non-hydrogen) atoms. The van der Waals surface area contributed by atoms with Gasteiger partial charge in [-0.1, -0.05) is 12.1 Å². The summed E-state index contributed by atoms with van der Waals surface area (Å²) in [5, 5.41) is 3.61. The van der Waals surface area contributed by atoms with Crippen LogP contribution in [0, 0.1) is 13.8 Å². The number of carbonyl (C=O) groups excluding carboxylic acids is 1. The van der Waals surface area contributed by atoms with Crippen LogP contribution in [0.5, 0.6) is 17.2 Å². The molecule has 0 unspecified atom stereocenters. The van der Waals surface area contributed by atoms with Gasteiger partial charge in [-0.15, -0.1) is 11.3 Å². The second-order valence-electron chi connectivity index (χ2n) is 6.15. The standard InChI is InChI=1S/C21H22N2O4S/c1-13-6-5-7-16(10-13)27-12-19-22-14(2)20(28-19)21(24)23-17-11-15(25-3)8-9-18(17)26-4/h5-11H,12H2,1-4H3,(H,23,24). The molecular formula is C21H22N2O4S. The average molecular weight is 398 g/mol. The SMILES string of the molecule is COc1ccc(OC)c(NC(=O)c2sc(COc3cccc(C)c3)nc2C)c1. The van der Waals surface area contributed by atoms with Crippen LogP contribution in [0.1, 0.15) is 25.9 Å². The molecule has 0 aliphatic carbocycles. The first-order chi connectivity index (χ1) is 13.5. The predicted octanol–water partition coefficient (Wildman–Crippen LogP) is 4.61. The Kier molecular flexibility index (Phi) is 6.16. The van der Waals surface area contributed by atoms with Crippen molar-refractivity contribution in [1.29, 1.82) is 0 Å². The number of hydrogen-bond acceptors (Lipinski definition) is 6. The summed E-state index contributed by atoms with van der Waals surface area (Å²) in [5.74, 6) is 1.71. The van der Waals surface area contributed by atoms with Gasteiger partial charge < -0.3 is 19.5 Å². The molecule has 2 aromatic carbocycles. The van der Waals surface area contributed by atoms with Crippen molar-refractivity contribution >= 4 is 22.9 Å². The van der Waals surface area contributed by atoms with Crippen molar-refractivity contribution in [1.82, 2.24) is 4.98 Å². The smallest absolute Gasteiger partial charge is 0.267 e. The molecule has 3 aromatic rings. The number of carbonyl (C=O) groups is 1. The van der Waals surface area contributed by atoms with Crippen LogP contribution in [0.25, 0.3) is 0 Å². The molecule has 0 saturated heterocycles. The summed E-state index contributed by atoms with van der Waals surface area (Å²) in [6.45, 7) is 4.13. The zero-order chi connectivity index (χ0) is 20.1. The second kappa shape index (κ2) is 8.75. The van der Waals surface area contributed by atoms with E-state index in [9.17, 15) is 4.79 Å². The minimum absolute atomic E-state index is 0.247. The van der Waals surface area contributed by atoms with Gasteiger partial charge in [0.1, 0.15) is 33.7 Å². The summed E-state index contributed by atoms with van der Waals surface area (Å²) in [7, 11) is 3.12. The van der Waals surface area contributed by atoms with E-state index in [1.54, 1.807) is 32.4 Å². The maximum absolute atomic E-state index is 12.8. The number of thiazole rings is 1. The molecule has 0 bridgehead atoms. The third-order valence-electron chi connectivity index (χ3n) is 4.05. The van der Waals surface area contributed by atoms with Gasteiger partial charge in [0.05, 0.1) is 25.6 Å². The highest BCUT2D eigenvalue weighted by molar-refractivity contribution is 7.13.